The number of thiazole rings is 1. The molecular weight excluding hydrogens is 476 g/mol. The summed E-state index contributed by atoms with van der Waals surface area (Å²) in [4.78, 5) is 31.7. The Kier molecular flexibility index (Phi) is 5.85. The third kappa shape index (κ3) is 3.95. The lowest BCUT2D eigenvalue weighted by atomic mass is 9.96. The highest BCUT2D eigenvalue weighted by Crippen LogP contribution is 2.33. The molecule has 3 heterocycles. The Bertz CT molecular complexity index is 1520. The number of aromatic nitrogens is 1. The zero-order valence-electron chi connectivity index (χ0n) is 18.1. The zero-order valence-corrected chi connectivity index (χ0v) is 19.7. The van der Waals surface area contributed by atoms with Gasteiger partial charge in [-0.2, -0.15) is 0 Å². The van der Waals surface area contributed by atoms with Crippen molar-refractivity contribution in [2.24, 2.45) is 4.99 Å². The van der Waals surface area contributed by atoms with Crippen molar-refractivity contribution in [1.82, 2.24) is 4.57 Å². The molecule has 0 saturated heterocycles. The van der Waals surface area contributed by atoms with E-state index in [0.29, 0.717) is 37.1 Å². The highest BCUT2D eigenvalue weighted by molar-refractivity contribution is 7.07. The molecule has 1 unspecified atom stereocenters. The third-order valence-corrected chi connectivity index (χ3v) is 6.69. The normalized spacial score (nSPS) is 16.8. The summed E-state index contributed by atoms with van der Waals surface area (Å²) in [6.07, 6.45) is 3.27. The second kappa shape index (κ2) is 8.96. The molecular formula is C25H19ClN2O5S. The smallest absolute Gasteiger partial charge is 0.338 e. The molecule has 1 aromatic heterocycles. The van der Waals surface area contributed by atoms with Crippen LogP contribution in [-0.2, 0) is 9.53 Å². The van der Waals surface area contributed by atoms with Gasteiger partial charge in [-0.1, -0.05) is 53.8 Å². The van der Waals surface area contributed by atoms with Crippen LogP contribution >= 0.6 is 22.9 Å². The SMILES string of the molecule is C=CCOC(=O)C1=C(C)N=c2sc(=Cc3ccc4c(c3)OCO4)c(=O)n2C1c1ccc(Cl)cc1. The number of hydrogen-bond donors (Lipinski definition) is 0. The van der Waals surface area contributed by atoms with Crippen molar-refractivity contribution in [1.29, 1.82) is 0 Å². The fraction of sp³-hybridized carbons (Fsp3) is 0.160. The van der Waals surface area contributed by atoms with E-state index >= 15 is 0 Å². The number of carbonyl (C=O) groups is 1. The third-order valence-electron chi connectivity index (χ3n) is 5.45. The Labute approximate surface area is 203 Å². The molecule has 2 aliphatic rings. The van der Waals surface area contributed by atoms with Crippen molar-refractivity contribution in [3.8, 4) is 11.5 Å². The average Bonchev–Trinajstić information content (AvgIpc) is 3.41. The summed E-state index contributed by atoms with van der Waals surface area (Å²) in [6.45, 7) is 5.56. The van der Waals surface area contributed by atoms with Crippen molar-refractivity contribution in [3.63, 3.8) is 0 Å². The molecule has 7 nitrogen and oxygen atoms in total. The number of carbonyl (C=O) groups excluding carboxylic acids is 1. The van der Waals surface area contributed by atoms with Gasteiger partial charge in [0.25, 0.3) is 5.56 Å². The molecule has 5 rings (SSSR count). The van der Waals surface area contributed by atoms with Gasteiger partial charge >= 0.3 is 5.97 Å². The van der Waals surface area contributed by atoms with E-state index in [0.717, 1.165) is 11.1 Å². The predicted octanol–water partition coefficient (Wildman–Crippen LogP) is 3.35. The number of hydrogen-bond acceptors (Lipinski definition) is 7. The molecule has 0 N–H and O–H groups in total. The van der Waals surface area contributed by atoms with Gasteiger partial charge in [0, 0.05) is 5.02 Å². The quantitative estimate of drug-likeness (QED) is 0.401. The number of fused-ring (bicyclic) bond motifs is 2. The standard InChI is InChI=1S/C25H19ClN2O5S/c1-3-10-31-24(30)21-14(2)27-25-28(22(21)16-5-7-17(26)8-6-16)23(29)20(34-25)12-15-4-9-18-19(11-15)33-13-32-18/h3-9,11-12,22H,1,10,13H2,2H3. The number of nitrogens with zero attached hydrogens (tertiary/aromatic N) is 2. The molecule has 2 aromatic carbocycles. The summed E-state index contributed by atoms with van der Waals surface area (Å²) in [5.74, 6) is 0.745. The molecule has 0 saturated carbocycles. The number of ether oxygens (including phenoxy) is 3. The summed E-state index contributed by atoms with van der Waals surface area (Å²) < 4.78 is 18.1. The summed E-state index contributed by atoms with van der Waals surface area (Å²) in [5.41, 5.74) is 2.04. The fourth-order valence-electron chi connectivity index (χ4n) is 3.91. The minimum atomic E-state index is -0.704. The van der Waals surface area contributed by atoms with Gasteiger partial charge in [-0.3, -0.25) is 9.36 Å². The fourth-order valence-corrected chi connectivity index (χ4v) is 5.08. The molecule has 3 aromatic rings. The Balaban J connectivity index is 1.67. The van der Waals surface area contributed by atoms with E-state index in [1.807, 2.05) is 12.1 Å². The lowest BCUT2D eigenvalue weighted by Gasteiger charge is -2.24. The van der Waals surface area contributed by atoms with Gasteiger partial charge in [0.2, 0.25) is 6.79 Å². The van der Waals surface area contributed by atoms with E-state index in [4.69, 9.17) is 25.8 Å². The summed E-state index contributed by atoms with van der Waals surface area (Å²) in [6, 6.07) is 11.8. The predicted molar refractivity (Wildman–Crippen MR) is 129 cm³/mol. The number of halogens is 1. The molecule has 0 bridgehead atoms. The van der Waals surface area contributed by atoms with Gasteiger partial charge in [0.05, 0.1) is 21.8 Å². The molecule has 1 atom stereocenters. The summed E-state index contributed by atoms with van der Waals surface area (Å²) in [5, 5.41) is 0.551. The molecule has 34 heavy (non-hydrogen) atoms. The van der Waals surface area contributed by atoms with E-state index in [9.17, 15) is 9.59 Å². The maximum atomic E-state index is 13.6. The van der Waals surface area contributed by atoms with Crippen LogP contribution in [0.25, 0.3) is 6.08 Å². The largest absolute Gasteiger partial charge is 0.458 e. The minimum absolute atomic E-state index is 0.0531. The highest BCUT2D eigenvalue weighted by Gasteiger charge is 2.33. The molecule has 0 amide bonds. The van der Waals surface area contributed by atoms with Crippen molar-refractivity contribution < 1.29 is 19.0 Å². The van der Waals surface area contributed by atoms with E-state index < -0.39 is 12.0 Å². The first-order chi connectivity index (χ1) is 16.5. The number of allylic oxidation sites excluding steroid dienone is 1. The maximum Gasteiger partial charge on any atom is 0.338 e. The average molecular weight is 495 g/mol. The van der Waals surface area contributed by atoms with Crippen LogP contribution in [0.1, 0.15) is 24.1 Å². The van der Waals surface area contributed by atoms with Gasteiger partial charge in [-0.25, -0.2) is 9.79 Å². The Morgan fingerprint density at radius 3 is 2.79 bits per heavy atom. The van der Waals surface area contributed by atoms with Crippen LogP contribution in [0.15, 0.2) is 76.2 Å². The van der Waals surface area contributed by atoms with E-state index in [-0.39, 0.29) is 19.0 Å². The second-order valence-electron chi connectivity index (χ2n) is 7.63. The van der Waals surface area contributed by atoms with Crippen LogP contribution in [0, 0.1) is 0 Å². The Hall–Kier alpha value is -3.62. The molecule has 9 heteroatoms. The van der Waals surface area contributed by atoms with Crippen LogP contribution in [-0.4, -0.2) is 23.9 Å². The van der Waals surface area contributed by atoms with Crippen LogP contribution in [0.2, 0.25) is 5.02 Å². The first-order valence-corrected chi connectivity index (χ1v) is 11.6. The van der Waals surface area contributed by atoms with Crippen molar-refractivity contribution in [2.75, 3.05) is 13.4 Å². The molecule has 0 aliphatic carbocycles. The molecule has 0 radical (unpaired) electrons. The molecule has 172 valence electrons. The Morgan fingerprint density at radius 2 is 2.03 bits per heavy atom. The van der Waals surface area contributed by atoms with Crippen molar-refractivity contribution in [2.45, 2.75) is 13.0 Å². The highest BCUT2D eigenvalue weighted by atomic mass is 35.5. The lowest BCUT2D eigenvalue weighted by Crippen LogP contribution is -2.39. The van der Waals surface area contributed by atoms with Crippen LogP contribution < -0.4 is 24.4 Å². The van der Waals surface area contributed by atoms with Gasteiger partial charge < -0.3 is 14.2 Å². The van der Waals surface area contributed by atoms with Crippen molar-refractivity contribution >= 4 is 35.0 Å². The summed E-state index contributed by atoms with van der Waals surface area (Å²) in [7, 11) is 0. The van der Waals surface area contributed by atoms with E-state index in [1.165, 1.54) is 22.0 Å². The summed E-state index contributed by atoms with van der Waals surface area (Å²) >= 11 is 7.34. The number of benzene rings is 2. The topological polar surface area (TPSA) is 79.1 Å². The van der Waals surface area contributed by atoms with Gasteiger partial charge in [0.15, 0.2) is 16.3 Å². The van der Waals surface area contributed by atoms with Gasteiger partial charge in [-0.05, 0) is 48.4 Å². The molecule has 0 spiro atoms. The first-order valence-electron chi connectivity index (χ1n) is 10.4. The first kappa shape index (κ1) is 22.2. The van der Waals surface area contributed by atoms with Crippen LogP contribution in [0.3, 0.4) is 0 Å². The number of esters is 1. The van der Waals surface area contributed by atoms with Crippen molar-refractivity contribution in [3.05, 3.63) is 102 Å². The van der Waals surface area contributed by atoms with Crippen LogP contribution in [0.5, 0.6) is 11.5 Å². The number of rotatable bonds is 5. The van der Waals surface area contributed by atoms with E-state index in [1.54, 1.807) is 43.3 Å². The zero-order chi connectivity index (χ0) is 23.8. The minimum Gasteiger partial charge on any atom is -0.458 e. The van der Waals surface area contributed by atoms with Gasteiger partial charge in [-0.15, -0.1) is 0 Å². The maximum absolute atomic E-state index is 13.6. The Morgan fingerprint density at radius 1 is 1.26 bits per heavy atom. The monoisotopic (exact) mass is 494 g/mol. The second-order valence-corrected chi connectivity index (χ2v) is 9.08. The molecule has 0 fully saturated rings. The van der Waals surface area contributed by atoms with Crippen LogP contribution in [0.4, 0.5) is 0 Å². The van der Waals surface area contributed by atoms with Gasteiger partial charge in [0.1, 0.15) is 6.61 Å². The van der Waals surface area contributed by atoms with E-state index in [2.05, 4.69) is 11.6 Å². The molecule has 2 aliphatic heterocycles. The lowest BCUT2D eigenvalue weighted by molar-refractivity contribution is -0.138.